The molecule has 0 amide bonds. The zero-order chi connectivity index (χ0) is 15.5. The van der Waals surface area contributed by atoms with Crippen molar-refractivity contribution in [3.05, 3.63) is 59.9 Å². The molecule has 0 saturated heterocycles. The van der Waals surface area contributed by atoms with E-state index in [0.29, 0.717) is 23.3 Å². The molecule has 0 spiro atoms. The summed E-state index contributed by atoms with van der Waals surface area (Å²) in [6.45, 7) is 2.13. The number of hydrogen-bond donors (Lipinski definition) is 0. The van der Waals surface area contributed by atoms with Crippen LogP contribution in [0.25, 0.3) is 16.9 Å². The third-order valence-electron chi connectivity index (χ3n) is 3.35. The van der Waals surface area contributed by atoms with Crippen molar-refractivity contribution >= 4 is 27.5 Å². The molecule has 0 saturated carbocycles. The average Bonchev–Trinajstić information content (AvgIpc) is 2.94. The van der Waals surface area contributed by atoms with Gasteiger partial charge in [-0.25, -0.2) is 9.78 Å². The molecule has 0 aliphatic heterocycles. The normalized spacial score (nSPS) is 10.8. The van der Waals surface area contributed by atoms with Gasteiger partial charge in [0.25, 0.3) is 0 Å². The van der Waals surface area contributed by atoms with Crippen LogP contribution >= 0.6 is 15.9 Å². The molecule has 0 unspecified atom stereocenters. The highest BCUT2D eigenvalue weighted by molar-refractivity contribution is 9.08. The maximum Gasteiger partial charge on any atom is 0.357 e. The minimum absolute atomic E-state index is 0.332. The smallest absolute Gasteiger partial charge is 0.357 e. The summed E-state index contributed by atoms with van der Waals surface area (Å²) in [6.07, 6.45) is 1.91. The SMILES string of the molecule is CCOC(=O)c1c(-c2ccccc2)nc2ccc(CBr)cn12. The number of aromatic nitrogens is 2. The summed E-state index contributed by atoms with van der Waals surface area (Å²) in [5.74, 6) is -0.361. The van der Waals surface area contributed by atoms with Crippen molar-refractivity contribution in [2.45, 2.75) is 12.3 Å². The van der Waals surface area contributed by atoms with Gasteiger partial charge in [0, 0.05) is 17.1 Å². The Hall–Kier alpha value is -2.14. The molecule has 4 nitrogen and oxygen atoms in total. The molecule has 22 heavy (non-hydrogen) atoms. The Balaban J connectivity index is 2.26. The van der Waals surface area contributed by atoms with Crippen LogP contribution in [0.4, 0.5) is 0 Å². The van der Waals surface area contributed by atoms with Crippen molar-refractivity contribution in [1.29, 1.82) is 0 Å². The number of carbonyl (C=O) groups is 1. The van der Waals surface area contributed by atoms with Gasteiger partial charge >= 0.3 is 5.97 Å². The second kappa shape index (κ2) is 6.32. The van der Waals surface area contributed by atoms with E-state index < -0.39 is 0 Å². The van der Waals surface area contributed by atoms with E-state index in [4.69, 9.17) is 4.74 Å². The molecule has 1 aromatic carbocycles. The molecule has 0 fully saturated rings. The molecule has 0 N–H and O–H groups in total. The molecule has 3 aromatic rings. The zero-order valence-corrected chi connectivity index (χ0v) is 13.7. The van der Waals surface area contributed by atoms with Gasteiger partial charge in [0.1, 0.15) is 11.3 Å². The maximum absolute atomic E-state index is 12.4. The fraction of sp³-hybridized carbons (Fsp3) is 0.176. The minimum Gasteiger partial charge on any atom is -0.461 e. The van der Waals surface area contributed by atoms with E-state index in [-0.39, 0.29) is 5.97 Å². The number of ether oxygens (including phenoxy) is 1. The van der Waals surface area contributed by atoms with Gasteiger partial charge in [-0.2, -0.15) is 0 Å². The molecule has 3 rings (SSSR count). The summed E-state index contributed by atoms with van der Waals surface area (Å²) < 4.78 is 7.02. The van der Waals surface area contributed by atoms with Crippen molar-refractivity contribution in [1.82, 2.24) is 9.38 Å². The van der Waals surface area contributed by atoms with Gasteiger partial charge in [-0.3, -0.25) is 4.40 Å². The molecular weight excluding hydrogens is 344 g/mol. The van der Waals surface area contributed by atoms with E-state index in [0.717, 1.165) is 16.8 Å². The third kappa shape index (κ3) is 2.64. The number of alkyl halides is 1. The molecule has 2 heterocycles. The first-order valence-corrected chi connectivity index (χ1v) is 8.16. The molecule has 0 radical (unpaired) electrons. The fourth-order valence-corrected chi connectivity index (χ4v) is 2.69. The van der Waals surface area contributed by atoms with Crippen LogP contribution < -0.4 is 0 Å². The summed E-state index contributed by atoms with van der Waals surface area (Å²) in [5.41, 5.74) is 3.80. The van der Waals surface area contributed by atoms with Gasteiger partial charge in [0.15, 0.2) is 5.69 Å². The highest BCUT2D eigenvalue weighted by atomic mass is 79.9. The number of imidazole rings is 1. The highest BCUT2D eigenvalue weighted by Gasteiger charge is 2.21. The Labute approximate surface area is 136 Å². The first-order chi connectivity index (χ1) is 10.7. The van der Waals surface area contributed by atoms with E-state index in [1.54, 1.807) is 11.3 Å². The van der Waals surface area contributed by atoms with Crippen LogP contribution in [0.1, 0.15) is 23.0 Å². The summed E-state index contributed by atoms with van der Waals surface area (Å²) >= 11 is 3.44. The second-order valence-electron chi connectivity index (χ2n) is 4.79. The lowest BCUT2D eigenvalue weighted by atomic mass is 10.1. The van der Waals surface area contributed by atoms with E-state index in [1.165, 1.54) is 0 Å². The van der Waals surface area contributed by atoms with Gasteiger partial charge in [-0.15, -0.1) is 0 Å². The number of benzene rings is 1. The average molecular weight is 359 g/mol. The van der Waals surface area contributed by atoms with Gasteiger partial charge in [-0.05, 0) is 18.6 Å². The van der Waals surface area contributed by atoms with Crippen LogP contribution in [0, 0.1) is 0 Å². The van der Waals surface area contributed by atoms with Crippen molar-refractivity contribution in [2.24, 2.45) is 0 Å². The number of rotatable bonds is 4. The molecule has 2 aromatic heterocycles. The molecule has 0 atom stereocenters. The number of halogens is 1. The quantitative estimate of drug-likeness (QED) is 0.521. The van der Waals surface area contributed by atoms with E-state index in [2.05, 4.69) is 20.9 Å². The Bertz CT molecular complexity index is 812. The van der Waals surface area contributed by atoms with Gasteiger partial charge in [0.2, 0.25) is 0 Å². The minimum atomic E-state index is -0.361. The standard InChI is InChI=1S/C17H15BrN2O2/c1-2-22-17(21)16-15(13-6-4-3-5-7-13)19-14-9-8-12(10-18)11-20(14)16/h3-9,11H,2,10H2,1H3. The van der Waals surface area contributed by atoms with Gasteiger partial charge < -0.3 is 4.74 Å². The van der Waals surface area contributed by atoms with Crippen LogP contribution in [-0.4, -0.2) is 22.0 Å². The number of nitrogens with zero attached hydrogens (tertiary/aromatic N) is 2. The Morgan fingerprint density at radius 2 is 2.00 bits per heavy atom. The fourth-order valence-electron chi connectivity index (χ4n) is 2.36. The van der Waals surface area contributed by atoms with Crippen molar-refractivity contribution in [2.75, 3.05) is 6.61 Å². The summed E-state index contributed by atoms with van der Waals surface area (Å²) in [5, 5.41) is 0.712. The molecule has 5 heteroatoms. The summed E-state index contributed by atoms with van der Waals surface area (Å²) in [4.78, 5) is 17.0. The third-order valence-corrected chi connectivity index (χ3v) is 4.00. The number of esters is 1. The molecular formula is C17H15BrN2O2. The van der Waals surface area contributed by atoms with E-state index in [1.807, 2.05) is 48.7 Å². The predicted octanol–water partition coefficient (Wildman–Crippen LogP) is 4.07. The Morgan fingerprint density at radius 1 is 1.23 bits per heavy atom. The molecule has 0 aliphatic rings. The molecule has 112 valence electrons. The second-order valence-corrected chi connectivity index (χ2v) is 5.36. The lowest BCUT2D eigenvalue weighted by Crippen LogP contribution is -2.09. The number of fused-ring (bicyclic) bond motifs is 1. The molecule has 0 aliphatic carbocycles. The molecule has 0 bridgehead atoms. The van der Waals surface area contributed by atoms with Crippen LogP contribution in [-0.2, 0) is 10.1 Å². The highest BCUT2D eigenvalue weighted by Crippen LogP contribution is 2.25. The van der Waals surface area contributed by atoms with Crippen LogP contribution in [0.15, 0.2) is 48.7 Å². The number of pyridine rings is 1. The summed E-state index contributed by atoms with van der Waals surface area (Å²) in [7, 11) is 0. The zero-order valence-electron chi connectivity index (χ0n) is 12.1. The Morgan fingerprint density at radius 3 is 2.68 bits per heavy atom. The first kappa shape index (κ1) is 14.8. The Kier molecular flexibility index (Phi) is 4.24. The van der Waals surface area contributed by atoms with E-state index in [9.17, 15) is 4.79 Å². The summed E-state index contributed by atoms with van der Waals surface area (Å²) in [6, 6.07) is 13.6. The lowest BCUT2D eigenvalue weighted by Gasteiger charge is -2.05. The predicted molar refractivity (Wildman–Crippen MR) is 89.2 cm³/mol. The van der Waals surface area contributed by atoms with Crippen molar-refractivity contribution in [3.8, 4) is 11.3 Å². The monoisotopic (exact) mass is 358 g/mol. The van der Waals surface area contributed by atoms with Gasteiger partial charge in [0.05, 0.1) is 6.61 Å². The first-order valence-electron chi connectivity index (χ1n) is 7.04. The van der Waals surface area contributed by atoms with Crippen molar-refractivity contribution < 1.29 is 9.53 Å². The largest absolute Gasteiger partial charge is 0.461 e. The number of carbonyl (C=O) groups excluding carboxylic acids is 1. The van der Waals surface area contributed by atoms with Crippen LogP contribution in [0.5, 0.6) is 0 Å². The van der Waals surface area contributed by atoms with Crippen LogP contribution in [0.2, 0.25) is 0 Å². The van der Waals surface area contributed by atoms with Gasteiger partial charge in [-0.1, -0.05) is 52.3 Å². The topological polar surface area (TPSA) is 43.6 Å². The lowest BCUT2D eigenvalue weighted by molar-refractivity contribution is 0.0519. The number of hydrogen-bond acceptors (Lipinski definition) is 3. The van der Waals surface area contributed by atoms with Crippen molar-refractivity contribution in [3.63, 3.8) is 0 Å². The van der Waals surface area contributed by atoms with E-state index >= 15 is 0 Å². The van der Waals surface area contributed by atoms with Crippen LogP contribution in [0.3, 0.4) is 0 Å². The maximum atomic E-state index is 12.4.